The normalized spacial score (nSPS) is 13.9. The number of nitrogens with zero attached hydrogens (tertiary/aromatic N) is 3. The van der Waals surface area contributed by atoms with Gasteiger partial charge in [0.25, 0.3) is 0 Å². The van der Waals surface area contributed by atoms with E-state index in [-0.39, 0.29) is 6.61 Å². The van der Waals surface area contributed by atoms with E-state index < -0.39 is 5.91 Å². The fraction of sp³-hybridized carbons (Fsp3) is 0.304. The first-order valence-corrected chi connectivity index (χ1v) is 10.1. The predicted molar refractivity (Wildman–Crippen MR) is 119 cm³/mol. The van der Waals surface area contributed by atoms with E-state index in [9.17, 15) is 10.1 Å². The summed E-state index contributed by atoms with van der Waals surface area (Å²) in [5, 5.41) is 24.9. The number of ether oxygens (including phenoxy) is 1. The van der Waals surface area contributed by atoms with Crippen molar-refractivity contribution in [3.8, 4) is 17.9 Å². The molecule has 1 aliphatic carbocycles. The maximum Gasteiger partial charge on any atom is 0.241 e. The van der Waals surface area contributed by atoms with Crippen LogP contribution in [-0.2, 0) is 4.79 Å². The molecule has 0 unspecified atom stereocenters. The summed E-state index contributed by atoms with van der Waals surface area (Å²) in [6.45, 7) is -0.133. The number of primary amides is 1. The van der Waals surface area contributed by atoms with Crippen molar-refractivity contribution >= 4 is 29.3 Å². The minimum atomic E-state index is -0.576. The molecule has 0 bridgehead atoms. The maximum atomic E-state index is 11.0. The van der Waals surface area contributed by atoms with Gasteiger partial charge in [-0.15, -0.1) is 0 Å². The summed E-state index contributed by atoms with van der Waals surface area (Å²) < 4.78 is 5.48. The number of amides is 1. The molecule has 0 aliphatic heterocycles. The van der Waals surface area contributed by atoms with Gasteiger partial charge in [-0.1, -0.05) is 19.3 Å². The summed E-state index contributed by atoms with van der Waals surface area (Å²) in [5.41, 5.74) is 6.96. The first-order chi connectivity index (χ1) is 15.1. The van der Waals surface area contributed by atoms with Crippen LogP contribution in [-0.4, -0.2) is 23.5 Å². The molecule has 4 N–H and O–H groups in total. The van der Waals surface area contributed by atoms with E-state index in [1.807, 2.05) is 6.07 Å². The Kier molecular flexibility index (Phi) is 7.45. The van der Waals surface area contributed by atoms with Crippen molar-refractivity contribution in [2.24, 2.45) is 5.73 Å². The molecule has 0 atom stereocenters. The average Bonchev–Trinajstić information content (AvgIpc) is 2.78. The Morgan fingerprint density at radius 2 is 2.03 bits per heavy atom. The van der Waals surface area contributed by atoms with Gasteiger partial charge in [-0.25, -0.2) is 4.98 Å². The van der Waals surface area contributed by atoms with Crippen LogP contribution in [0.15, 0.2) is 36.4 Å². The highest BCUT2D eigenvalue weighted by molar-refractivity contribution is 5.90. The standard InChI is InChI=1S/C23H24N6O2/c24-12-13-31-20-14-19(9-6-16(20)7-10-21(26)30)27-22-11-8-17(15-25)23(29-22)28-18-4-2-1-3-5-18/h6-11,14,18H,1-5,13H2,(H2,26,30)(H2,27,28,29)/b10-7+. The van der Waals surface area contributed by atoms with Crippen molar-refractivity contribution in [2.45, 2.75) is 38.1 Å². The SMILES string of the molecule is N#CCOc1cc(Nc2ccc(C#N)c(NC3CCCCC3)n2)ccc1/C=C/C(N)=O. The van der Waals surface area contributed by atoms with Gasteiger partial charge in [0.2, 0.25) is 5.91 Å². The van der Waals surface area contributed by atoms with Crippen LogP contribution in [0.1, 0.15) is 43.2 Å². The number of nitrogens with one attached hydrogen (secondary N) is 2. The van der Waals surface area contributed by atoms with Gasteiger partial charge in [0.15, 0.2) is 6.61 Å². The van der Waals surface area contributed by atoms with Crippen LogP contribution in [0.3, 0.4) is 0 Å². The smallest absolute Gasteiger partial charge is 0.241 e. The molecule has 1 amide bonds. The van der Waals surface area contributed by atoms with Crippen molar-refractivity contribution in [2.75, 3.05) is 17.2 Å². The number of carbonyl (C=O) groups is 1. The van der Waals surface area contributed by atoms with Gasteiger partial charge in [0.1, 0.15) is 29.5 Å². The molecule has 3 rings (SSSR count). The number of nitrogens with two attached hydrogens (primary N) is 1. The van der Waals surface area contributed by atoms with Gasteiger partial charge in [0.05, 0.1) is 5.56 Å². The van der Waals surface area contributed by atoms with E-state index in [0.29, 0.717) is 40.2 Å². The Bertz CT molecular complexity index is 1050. The lowest BCUT2D eigenvalue weighted by Crippen LogP contribution is -2.23. The van der Waals surface area contributed by atoms with E-state index in [2.05, 4.69) is 21.7 Å². The molecule has 1 aromatic heterocycles. The number of hydrogen-bond donors (Lipinski definition) is 3. The zero-order chi connectivity index (χ0) is 22.1. The number of anilines is 3. The summed E-state index contributed by atoms with van der Waals surface area (Å²) in [7, 11) is 0. The molecule has 1 saturated carbocycles. The van der Waals surface area contributed by atoms with E-state index in [1.165, 1.54) is 31.4 Å². The fourth-order valence-electron chi connectivity index (χ4n) is 3.47. The van der Waals surface area contributed by atoms with Gasteiger partial charge in [-0.05, 0) is 43.2 Å². The zero-order valence-corrected chi connectivity index (χ0v) is 17.1. The third kappa shape index (κ3) is 6.22. The monoisotopic (exact) mass is 416 g/mol. The number of carbonyl (C=O) groups excluding carboxylic acids is 1. The Labute approximate surface area is 181 Å². The highest BCUT2D eigenvalue weighted by atomic mass is 16.5. The van der Waals surface area contributed by atoms with Crippen molar-refractivity contribution in [3.05, 3.63) is 47.5 Å². The van der Waals surface area contributed by atoms with Crippen molar-refractivity contribution in [1.82, 2.24) is 4.98 Å². The number of benzene rings is 1. The lowest BCUT2D eigenvalue weighted by Gasteiger charge is -2.24. The molecule has 2 aromatic rings. The molecule has 8 heteroatoms. The minimum absolute atomic E-state index is 0.133. The Hall–Kier alpha value is -4.04. The van der Waals surface area contributed by atoms with E-state index >= 15 is 0 Å². The summed E-state index contributed by atoms with van der Waals surface area (Å²) in [5.74, 6) is 0.997. The molecule has 1 fully saturated rings. The van der Waals surface area contributed by atoms with Gasteiger partial charge < -0.3 is 21.1 Å². The van der Waals surface area contributed by atoms with Crippen LogP contribution in [0.25, 0.3) is 6.08 Å². The summed E-state index contributed by atoms with van der Waals surface area (Å²) in [6.07, 6.45) is 8.52. The molecule has 31 heavy (non-hydrogen) atoms. The molecule has 158 valence electrons. The van der Waals surface area contributed by atoms with Crippen LogP contribution in [0, 0.1) is 22.7 Å². The number of rotatable bonds is 8. The van der Waals surface area contributed by atoms with Crippen LogP contribution in [0.2, 0.25) is 0 Å². The van der Waals surface area contributed by atoms with Gasteiger partial charge >= 0.3 is 0 Å². The molecule has 1 aromatic carbocycles. The van der Waals surface area contributed by atoms with Crippen molar-refractivity contribution < 1.29 is 9.53 Å². The zero-order valence-electron chi connectivity index (χ0n) is 17.1. The summed E-state index contributed by atoms with van der Waals surface area (Å²) in [6, 6.07) is 13.2. The molecular weight excluding hydrogens is 392 g/mol. The quantitative estimate of drug-likeness (QED) is 0.556. The summed E-state index contributed by atoms with van der Waals surface area (Å²) in [4.78, 5) is 15.6. The second-order valence-electron chi connectivity index (χ2n) is 7.24. The third-order valence-corrected chi connectivity index (χ3v) is 4.97. The van der Waals surface area contributed by atoms with E-state index in [1.54, 1.807) is 30.3 Å². The highest BCUT2D eigenvalue weighted by Gasteiger charge is 2.16. The van der Waals surface area contributed by atoms with Crippen LogP contribution >= 0.6 is 0 Å². The molecule has 1 aliphatic rings. The average molecular weight is 416 g/mol. The van der Waals surface area contributed by atoms with Gasteiger partial charge in [0, 0.05) is 29.4 Å². The first kappa shape index (κ1) is 21.7. The second kappa shape index (κ2) is 10.7. The minimum Gasteiger partial charge on any atom is -0.478 e. The lowest BCUT2D eigenvalue weighted by atomic mass is 9.95. The maximum absolute atomic E-state index is 11.0. The van der Waals surface area contributed by atoms with Crippen LogP contribution < -0.4 is 21.1 Å². The molecule has 0 spiro atoms. The number of pyridine rings is 1. The Morgan fingerprint density at radius 3 is 2.74 bits per heavy atom. The second-order valence-corrected chi connectivity index (χ2v) is 7.24. The lowest BCUT2D eigenvalue weighted by molar-refractivity contribution is -0.113. The van der Waals surface area contributed by atoms with E-state index in [0.717, 1.165) is 12.8 Å². The van der Waals surface area contributed by atoms with Gasteiger partial charge in [-0.3, -0.25) is 4.79 Å². The Balaban J connectivity index is 1.82. The molecule has 1 heterocycles. The number of aromatic nitrogens is 1. The first-order valence-electron chi connectivity index (χ1n) is 10.1. The molecule has 0 saturated heterocycles. The number of hydrogen-bond acceptors (Lipinski definition) is 7. The largest absolute Gasteiger partial charge is 0.478 e. The van der Waals surface area contributed by atoms with Gasteiger partial charge in [-0.2, -0.15) is 10.5 Å². The molecule has 0 radical (unpaired) electrons. The fourth-order valence-corrected chi connectivity index (χ4v) is 3.47. The molecule has 8 nitrogen and oxygen atoms in total. The highest BCUT2D eigenvalue weighted by Crippen LogP contribution is 2.28. The topological polar surface area (TPSA) is 137 Å². The van der Waals surface area contributed by atoms with Crippen molar-refractivity contribution in [3.63, 3.8) is 0 Å². The van der Waals surface area contributed by atoms with Crippen LogP contribution in [0.4, 0.5) is 17.3 Å². The predicted octanol–water partition coefficient (Wildman–Crippen LogP) is 3.84. The van der Waals surface area contributed by atoms with Crippen molar-refractivity contribution in [1.29, 1.82) is 10.5 Å². The third-order valence-electron chi connectivity index (χ3n) is 4.97. The Morgan fingerprint density at radius 1 is 1.23 bits per heavy atom. The molecular formula is C23H24N6O2. The summed E-state index contributed by atoms with van der Waals surface area (Å²) >= 11 is 0. The van der Waals surface area contributed by atoms with E-state index in [4.69, 9.17) is 15.7 Å². The van der Waals surface area contributed by atoms with Crippen LogP contribution in [0.5, 0.6) is 5.75 Å². The number of nitriles is 2.